The van der Waals surface area contributed by atoms with Crippen LogP contribution in [0.2, 0.25) is 0 Å². The number of aliphatic hydroxyl groups excluding tert-OH is 1. The Kier molecular flexibility index (Phi) is 4.78. The minimum atomic E-state index is -0.828. The number of hydrogen-bond donors (Lipinski definition) is 1. The van der Waals surface area contributed by atoms with Gasteiger partial charge in [-0.3, -0.25) is 14.5 Å². The fourth-order valence-electron chi connectivity index (χ4n) is 2.68. The van der Waals surface area contributed by atoms with Crippen LogP contribution >= 0.6 is 0 Å². The fraction of sp³-hybridized carbons (Fsp3) is 0.529. The van der Waals surface area contributed by atoms with Crippen LogP contribution in [0.1, 0.15) is 44.4 Å². The van der Waals surface area contributed by atoms with Crippen molar-refractivity contribution in [3.63, 3.8) is 0 Å². The number of benzene rings is 1. The van der Waals surface area contributed by atoms with Crippen LogP contribution in [0, 0.1) is 11.8 Å². The lowest BCUT2D eigenvalue weighted by Crippen LogP contribution is -2.34. The number of aryl methyl sites for hydroxylation is 1. The zero-order valence-electron chi connectivity index (χ0n) is 12.9. The monoisotopic (exact) mass is 289 g/mol. The summed E-state index contributed by atoms with van der Waals surface area (Å²) in [5, 5.41) is 10.3. The van der Waals surface area contributed by atoms with Gasteiger partial charge >= 0.3 is 0 Å². The second-order valence-electron chi connectivity index (χ2n) is 5.87. The highest BCUT2D eigenvalue weighted by atomic mass is 16.3. The number of amides is 2. The van der Waals surface area contributed by atoms with E-state index < -0.39 is 6.10 Å². The maximum atomic E-state index is 12.0. The topological polar surface area (TPSA) is 57.6 Å². The number of imide groups is 1. The van der Waals surface area contributed by atoms with Crippen molar-refractivity contribution in [2.24, 2.45) is 11.8 Å². The van der Waals surface area contributed by atoms with Crippen molar-refractivity contribution in [1.82, 2.24) is 4.90 Å². The molecule has 3 unspecified atom stereocenters. The van der Waals surface area contributed by atoms with Crippen LogP contribution < -0.4 is 0 Å². The van der Waals surface area contributed by atoms with Gasteiger partial charge in [-0.1, -0.05) is 51.5 Å². The summed E-state index contributed by atoms with van der Waals surface area (Å²) in [6.07, 6.45) is 1.26. The first-order valence-electron chi connectivity index (χ1n) is 7.57. The van der Waals surface area contributed by atoms with Crippen LogP contribution in [0.4, 0.5) is 0 Å². The second-order valence-corrected chi connectivity index (χ2v) is 5.87. The highest BCUT2D eigenvalue weighted by Gasteiger charge is 2.42. The van der Waals surface area contributed by atoms with Crippen LogP contribution in [0.3, 0.4) is 0 Å². The molecular formula is C17H23NO3. The Morgan fingerprint density at radius 1 is 1.10 bits per heavy atom. The molecule has 0 aromatic heterocycles. The van der Waals surface area contributed by atoms with Gasteiger partial charge in [0.1, 0.15) is 0 Å². The number of rotatable bonds is 5. The number of β-amino-alcohol motifs (C(OH)–C–C–N with tert-alkyl or cyclic N) is 1. The summed E-state index contributed by atoms with van der Waals surface area (Å²) in [5.41, 5.74) is 1.96. The predicted molar refractivity (Wildman–Crippen MR) is 80.4 cm³/mol. The maximum Gasteiger partial charge on any atom is 0.232 e. The lowest BCUT2D eigenvalue weighted by Gasteiger charge is -2.19. The van der Waals surface area contributed by atoms with Gasteiger partial charge in [0.2, 0.25) is 11.8 Å². The van der Waals surface area contributed by atoms with Crippen molar-refractivity contribution >= 4 is 11.8 Å². The summed E-state index contributed by atoms with van der Waals surface area (Å²) in [7, 11) is 0. The first-order valence-corrected chi connectivity index (χ1v) is 7.57. The molecule has 114 valence electrons. The average molecular weight is 289 g/mol. The lowest BCUT2D eigenvalue weighted by molar-refractivity contribution is -0.141. The number of aliphatic hydroxyl groups is 1. The van der Waals surface area contributed by atoms with Gasteiger partial charge in [0.25, 0.3) is 0 Å². The van der Waals surface area contributed by atoms with Crippen LogP contribution in [0.15, 0.2) is 24.3 Å². The summed E-state index contributed by atoms with van der Waals surface area (Å²) < 4.78 is 0. The van der Waals surface area contributed by atoms with Gasteiger partial charge in [0.05, 0.1) is 12.6 Å². The van der Waals surface area contributed by atoms with Gasteiger partial charge in [-0.15, -0.1) is 0 Å². The molecule has 0 radical (unpaired) electrons. The van der Waals surface area contributed by atoms with Crippen molar-refractivity contribution in [1.29, 1.82) is 0 Å². The molecule has 4 nitrogen and oxygen atoms in total. The van der Waals surface area contributed by atoms with E-state index in [1.807, 2.05) is 24.3 Å². The molecular weight excluding hydrogens is 266 g/mol. The molecule has 1 fully saturated rings. The molecule has 1 aliphatic rings. The SMILES string of the molecule is CCCc1ccc(C(O)CN2C(=O)C(C)C(C)C2=O)cc1. The molecule has 1 aromatic rings. The third kappa shape index (κ3) is 3.16. The number of hydrogen-bond acceptors (Lipinski definition) is 3. The predicted octanol–water partition coefficient (Wildman–Crippen LogP) is 2.31. The molecule has 1 aliphatic heterocycles. The molecule has 2 amide bonds. The van der Waals surface area contributed by atoms with Crippen molar-refractivity contribution in [3.05, 3.63) is 35.4 Å². The van der Waals surface area contributed by atoms with E-state index in [4.69, 9.17) is 0 Å². The Balaban J connectivity index is 2.06. The van der Waals surface area contributed by atoms with Gasteiger partial charge in [-0.2, -0.15) is 0 Å². The van der Waals surface area contributed by atoms with E-state index in [0.717, 1.165) is 18.4 Å². The number of carbonyl (C=O) groups is 2. The second kappa shape index (κ2) is 6.39. The van der Waals surface area contributed by atoms with E-state index in [9.17, 15) is 14.7 Å². The molecule has 0 bridgehead atoms. The number of nitrogens with zero attached hydrogens (tertiary/aromatic N) is 1. The van der Waals surface area contributed by atoms with E-state index >= 15 is 0 Å². The maximum absolute atomic E-state index is 12.0. The molecule has 3 atom stereocenters. The Morgan fingerprint density at radius 3 is 2.10 bits per heavy atom. The molecule has 0 spiro atoms. The summed E-state index contributed by atoms with van der Waals surface area (Å²) in [4.78, 5) is 25.2. The van der Waals surface area contributed by atoms with Crippen molar-refractivity contribution in [2.75, 3.05) is 6.54 Å². The van der Waals surface area contributed by atoms with Gasteiger partial charge < -0.3 is 5.11 Å². The first-order chi connectivity index (χ1) is 9.95. The van der Waals surface area contributed by atoms with E-state index in [1.54, 1.807) is 13.8 Å². The highest BCUT2D eigenvalue weighted by Crippen LogP contribution is 2.27. The van der Waals surface area contributed by atoms with Crippen molar-refractivity contribution in [2.45, 2.75) is 39.7 Å². The van der Waals surface area contributed by atoms with Gasteiger partial charge in [0, 0.05) is 11.8 Å². The Hall–Kier alpha value is -1.68. The molecule has 1 N–H and O–H groups in total. The molecule has 0 aliphatic carbocycles. The Morgan fingerprint density at radius 2 is 1.62 bits per heavy atom. The minimum Gasteiger partial charge on any atom is -0.387 e. The van der Waals surface area contributed by atoms with Crippen LogP contribution in [0.25, 0.3) is 0 Å². The summed E-state index contributed by atoms with van der Waals surface area (Å²) in [6, 6.07) is 7.71. The smallest absolute Gasteiger partial charge is 0.232 e. The third-order valence-electron chi connectivity index (χ3n) is 4.32. The van der Waals surface area contributed by atoms with E-state index in [0.29, 0.717) is 0 Å². The normalized spacial score (nSPS) is 23.7. The van der Waals surface area contributed by atoms with E-state index in [1.165, 1.54) is 10.5 Å². The zero-order chi connectivity index (χ0) is 15.6. The van der Waals surface area contributed by atoms with Gasteiger partial charge in [-0.05, 0) is 17.5 Å². The molecule has 1 heterocycles. The molecule has 21 heavy (non-hydrogen) atoms. The highest BCUT2D eigenvalue weighted by molar-refractivity contribution is 6.04. The summed E-state index contributed by atoms with van der Waals surface area (Å²) in [5.74, 6) is -0.962. The zero-order valence-corrected chi connectivity index (χ0v) is 12.9. The molecule has 4 heteroatoms. The number of likely N-dealkylation sites (tertiary alicyclic amines) is 1. The first kappa shape index (κ1) is 15.7. The molecule has 1 saturated heterocycles. The minimum absolute atomic E-state index is 0.0411. The number of carbonyl (C=O) groups excluding carboxylic acids is 2. The van der Waals surface area contributed by atoms with Gasteiger partial charge in [0.15, 0.2) is 0 Å². The van der Waals surface area contributed by atoms with E-state index in [2.05, 4.69) is 6.92 Å². The average Bonchev–Trinajstić information content (AvgIpc) is 2.66. The quantitative estimate of drug-likeness (QED) is 0.846. The lowest BCUT2D eigenvalue weighted by atomic mass is 10.00. The largest absolute Gasteiger partial charge is 0.387 e. The van der Waals surface area contributed by atoms with Crippen LogP contribution in [-0.4, -0.2) is 28.4 Å². The van der Waals surface area contributed by atoms with Crippen LogP contribution in [-0.2, 0) is 16.0 Å². The summed E-state index contributed by atoms with van der Waals surface area (Å²) in [6.45, 7) is 5.68. The van der Waals surface area contributed by atoms with Gasteiger partial charge in [-0.25, -0.2) is 0 Å². The van der Waals surface area contributed by atoms with Crippen LogP contribution in [0.5, 0.6) is 0 Å². The molecule has 1 aromatic carbocycles. The fourth-order valence-corrected chi connectivity index (χ4v) is 2.68. The third-order valence-corrected chi connectivity index (χ3v) is 4.32. The van der Waals surface area contributed by atoms with E-state index in [-0.39, 0.29) is 30.2 Å². The summed E-state index contributed by atoms with van der Waals surface area (Å²) >= 11 is 0. The Bertz CT molecular complexity index is 503. The standard InChI is InChI=1S/C17H23NO3/c1-4-5-13-6-8-14(9-7-13)15(19)10-18-16(20)11(2)12(3)17(18)21/h6-9,11-12,15,19H,4-5,10H2,1-3H3. The van der Waals surface area contributed by atoms with Crippen molar-refractivity contribution in [3.8, 4) is 0 Å². The van der Waals surface area contributed by atoms with Crippen molar-refractivity contribution < 1.29 is 14.7 Å². The Labute approximate surface area is 125 Å². The molecule has 2 rings (SSSR count). The molecule has 0 saturated carbocycles.